The molecule has 0 aromatic carbocycles. The number of rotatable bonds is 2. The molecule has 0 saturated carbocycles. The van der Waals surface area contributed by atoms with Crippen LogP contribution in [0.25, 0.3) is 0 Å². The second kappa shape index (κ2) is 3.86. The lowest BCUT2D eigenvalue weighted by Gasteiger charge is -2.13. The molecule has 0 bridgehead atoms. The summed E-state index contributed by atoms with van der Waals surface area (Å²) in [5, 5.41) is 0. The van der Waals surface area contributed by atoms with Gasteiger partial charge in [0.25, 0.3) is 0 Å². The summed E-state index contributed by atoms with van der Waals surface area (Å²) in [5.41, 5.74) is 7.03. The topological polar surface area (TPSA) is 54.0 Å². The van der Waals surface area contributed by atoms with Crippen LogP contribution in [0.4, 0.5) is 0 Å². The molecule has 1 aliphatic rings. The van der Waals surface area contributed by atoms with Crippen LogP contribution in [-0.2, 0) is 4.79 Å². The van der Waals surface area contributed by atoms with Crippen molar-refractivity contribution in [3.63, 3.8) is 0 Å². The Hall–Kier alpha value is -1.26. The number of pyridine rings is 1. The van der Waals surface area contributed by atoms with Gasteiger partial charge in [0.1, 0.15) is 6.29 Å². The van der Waals surface area contributed by atoms with E-state index in [1.54, 1.807) is 6.20 Å². The molecule has 1 aromatic rings. The number of hydrazine groups is 1. The smallest absolute Gasteiger partial charge is 0.126 e. The highest BCUT2D eigenvalue weighted by atomic mass is 16.1. The molecule has 1 saturated heterocycles. The fourth-order valence-electron chi connectivity index (χ4n) is 1.73. The van der Waals surface area contributed by atoms with Crippen LogP contribution >= 0.6 is 0 Å². The number of carbonyl (C=O) groups is 1. The van der Waals surface area contributed by atoms with Crippen LogP contribution < -0.4 is 10.9 Å². The predicted octanol–water partition coefficient (Wildman–Crippen LogP) is 0.434. The molecule has 4 heteroatoms. The van der Waals surface area contributed by atoms with Crippen LogP contribution in [0.1, 0.15) is 18.7 Å². The van der Waals surface area contributed by atoms with Gasteiger partial charge < -0.3 is 4.79 Å². The molecule has 0 aliphatic carbocycles. The molecule has 74 valence electrons. The Balaban J connectivity index is 2.23. The number of aldehydes is 1. The van der Waals surface area contributed by atoms with Crippen molar-refractivity contribution >= 4 is 6.29 Å². The van der Waals surface area contributed by atoms with E-state index in [0.717, 1.165) is 12.0 Å². The van der Waals surface area contributed by atoms with Gasteiger partial charge in [0, 0.05) is 12.2 Å². The molecule has 1 aromatic heterocycles. The fraction of sp³-hybridized carbons (Fsp3) is 0.400. The molecule has 0 radical (unpaired) electrons. The molecule has 2 N–H and O–H groups in total. The lowest BCUT2D eigenvalue weighted by atomic mass is 9.94. The molecule has 1 fully saturated rings. The number of hydrogen-bond acceptors (Lipinski definition) is 4. The van der Waals surface area contributed by atoms with Crippen molar-refractivity contribution in [1.82, 2.24) is 15.8 Å². The number of aromatic nitrogens is 1. The summed E-state index contributed by atoms with van der Waals surface area (Å²) in [6, 6.07) is 5.86. The summed E-state index contributed by atoms with van der Waals surface area (Å²) in [4.78, 5) is 15.1. The van der Waals surface area contributed by atoms with Gasteiger partial charge in [-0.25, -0.2) is 5.43 Å². The Morgan fingerprint density at radius 1 is 1.43 bits per heavy atom. The van der Waals surface area contributed by atoms with Crippen molar-refractivity contribution in [3.05, 3.63) is 30.1 Å². The zero-order valence-corrected chi connectivity index (χ0v) is 7.97. The maximum absolute atomic E-state index is 10.9. The molecule has 2 rings (SSSR count). The molecular weight excluding hydrogens is 178 g/mol. The number of nitrogens with zero attached hydrogens (tertiary/aromatic N) is 1. The summed E-state index contributed by atoms with van der Waals surface area (Å²) in [7, 11) is 0. The Labute approximate surface area is 82.7 Å². The summed E-state index contributed by atoms with van der Waals surface area (Å²) in [6.07, 6.45) is 2.72. The van der Waals surface area contributed by atoms with Crippen LogP contribution in [0.15, 0.2) is 24.4 Å². The van der Waals surface area contributed by atoms with Crippen molar-refractivity contribution in [3.8, 4) is 0 Å². The first-order valence-corrected chi connectivity index (χ1v) is 4.70. The second-order valence-corrected chi connectivity index (χ2v) is 3.52. The number of carbonyl (C=O) groups excluding carboxylic acids is 1. The van der Waals surface area contributed by atoms with Gasteiger partial charge in [-0.05, 0) is 19.1 Å². The third-order valence-electron chi connectivity index (χ3n) is 2.59. The average Bonchev–Trinajstić information content (AvgIpc) is 2.61. The van der Waals surface area contributed by atoms with Gasteiger partial charge in [-0.1, -0.05) is 6.07 Å². The normalized spacial score (nSPS) is 31.6. The maximum atomic E-state index is 10.9. The zero-order valence-electron chi connectivity index (χ0n) is 7.97. The molecular formula is C10H13N3O. The van der Waals surface area contributed by atoms with Crippen LogP contribution in [0.2, 0.25) is 0 Å². The van der Waals surface area contributed by atoms with Crippen molar-refractivity contribution in [2.75, 3.05) is 0 Å². The van der Waals surface area contributed by atoms with E-state index < -0.39 is 0 Å². The predicted molar refractivity (Wildman–Crippen MR) is 52.3 cm³/mol. The molecule has 14 heavy (non-hydrogen) atoms. The summed E-state index contributed by atoms with van der Waals surface area (Å²) in [6.45, 7) is 1.98. The molecule has 0 amide bonds. The average molecular weight is 191 g/mol. The minimum Gasteiger partial charge on any atom is -0.303 e. The molecule has 3 unspecified atom stereocenters. The highest BCUT2D eigenvalue weighted by molar-refractivity contribution is 5.57. The zero-order chi connectivity index (χ0) is 9.97. The quantitative estimate of drug-likeness (QED) is 0.666. The van der Waals surface area contributed by atoms with Crippen molar-refractivity contribution in [1.29, 1.82) is 0 Å². The monoisotopic (exact) mass is 191 g/mol. The number of nitrogens with one attached hydrogen (secondary N) is 2. The highest BCUT2D eigenvalue weighted by Crippen LogP contribution is 2.25. The molecule has 1 aliphatic heterocycles. The van der Waals surface area contributed by atoms with Gasteiger partial charge in [-0.15, -0.1) is 0 Å². The SMILES string of the molecule is CC1NNC(c2ccccn2)C1C=O. The molecule has 2 heterocycles. The Morgan fingerprint density at radius 2 is 2.29 bits per heavy atom. The van der Waals surface area contributed by atoms with E-state index in [-0.39, 0.29) is 18.0 Å². The summed E-state index contributed by atoms with van der Waals surface area (Å²) >= 11 is 0. The van der Waals surface area contributed by atoms with Gasteiger partial charge in [0.05, 0.1) is 17.7 Å². The minimum absolute atomic E-state index is 0.0105. The lowest BCUT2D eigenvalue weighted by Crippen LogP contribution is -2.29. The maximum Gasteiger partial charge on any atom is 0.126 e. The fourth-order valence-corrected chi connectivity index (χ4v) is 1.73. The van der Waals surface area contributed by atoms with Crippen molar-refractivity contribution in [2.45, 2.75) is 19.0 Å². The summed E-state index contributed by atoms with van der Waals surface area (Å²) < 4.78 is 0. The van der Waals surface area contributed by atoms with E-state index in [1.165, 1.54) is 0 Å². The van der Waals surface area contributed by atoms with Gasteiger partial charge in [-0.3, -0.25) is 10.4 Å². The van der Waals surface area contributed by atoms with Gasteiger partial charge in [0.2, 0.25) is 0 Å². The lowest BCUT2D eigenvalue weighted by molar-refractivity contribution is -0.111. The Morgan fingerprint density at radius 3 is 2.93 bits per heavy atom. The standard InChI is InChI=1S/C10H13N3O/c1-7-8(6-14)10(13-12-7)9-4-2-3-5-11-9/h2-8,10,12-13H,1H3. The van der Waals surface area contributed by atoms with E-state index in [2.05, 4.69) is 15.8 Å². The molecule has 3 atom stereocenters. The second-order valence-electron chi connectivity index (χ2n) is 3.52. The van der Waals surface area contributed by atoms with Gasteiger partial charge in [-0.2, -0.15) is 0 Å². The van der Waals surface area contributed by atoms with Crippen LogP contribution in [0.3, 0.4) is 0 Å². The summed E-state index contributed by atoms with van der Waals surface area (Å²) in [5.74, 6) is -0.0510. The molecule has 4 nitrogen and oxygen atoms in total. The van der Waals surface area contributed by atoms with Crippen molar-refractivity contribution in [2.24, 2.45) is 5.92 Å². The van der Waals surface area contributed by atoms with E-state index in [4.69, 9.17) is 0 Å². The first-order valence-electron chi connectivity index (χ1n) is 4.70. The largest absolute Gasteiger partial charge is 0.303 e. The first-order chi connectivity index (χ1) is 6.83. The third-order valence-corrected chi connectivity index (χ3v) is 2.59. The van der Waals surface area contributed by atoms with Gasteiger partial charge >= 0.3 is 0 Å². The van der Waals surface area contributed by atoms with Gasteiger partial charge in [0.15, 0.2) is 0 Å². The first kappa shape index (κ1) is 9.30. The Bertz CT molecular complexity index is 314. The van der Waals surface area contributed by atoms with E-state index in [1.807, 2.05) is 25.1 Å². The Kier molecular flexibility index (Phi) is 2.56. The van der Waals surface area contributed by atoms with E-state index in [9.17, 15) is 4.79 Å². The van der Waals surface area contributed by atoms with Crippen LogP contribution in [-0.4, -0.2) is 17.3 Å². The van der Waals surface area contributed by atoms with Crippen molar-refractivity contribution < 1.29 is 4.79 Å². The van der Waals surface area contributed by atoms with E-state index >= 15 is 0 Å². The highest BCUT2D eigenvalue weighted by Gasteiger charge is 2.34. The number of hydrogen-bond donors (Lipinski definition) is 2. The van der Waals surface area contributed by atoms with E-state index in [0.29, 0.717) is 0 Å². The third kappa shape index (κ3) is 1.54. The molecule has 0 spiro atoms. The van der Waals surface area contributed by atoms with Crippen LogP contribution in [0.5, 0.6) is 0 Å². The van der Waals surface area contributed by atoms with Crippen LogP contribution in [0, 0.1) is 5.92 Å². The minimum atomic E-state index is -0.0510.